The molecule has 0 N–H and O–H groups in total. The highest BCUT2D eigenvalue weighted by Gasteiger charge is 2.09. The van der Waals surface area contributed by atoms with Crippen LogP contribution in [0.2, 0.25) is 5.02 Å². The SMILES string of the molecule is CC(C)OCC(=O)Cc1cc(F)ccc1Cl. The molecule has 0 aliphatic carbocycles. The van der Waals surface area contributed by atoms with Crippen LogP contribution in [0.1, 0.15) is 19.4 Å². The first kappa shape index (κ1) is 13.1. The van der Waals surface area contributed by atoms with Crippen LogP contribution in [0.3, 0.4) is 0 Å². The number of benzene rings is 1. The Kier molecular flexibility index (Phi) is 4.90. The molecule has 0 aliphatic heterocycles. The van der Waals surface area contributed by atoms with Gasteiger partial charge in [-0.25, -0.2) is 4.39 Å². The minimum atomic E-state index is -0.392. The second-order valence-corrected chi connectivity index (χ2v) is 4.22. The summed E-state index contributed by atoms with van der Waals surface area (Å²) >= 11 is 5.84. The van der Waals surface area contributed by atoms with Crippen molar-refractivity contribution in [2.45, 2.75) is 26.4 Å². The average Bonchev–Trinajstić information content (AvgIpc) is 2.20. The molecule has 0 atom stereocenters. The van der Waals surface area contributed by atoms with E-state index in [1.165, 1.54) is 18.2 Å². The van der Waals surface area contributed by atoms with Crippen molar-refractivity contribution in [1.82, 2.24) is 0 Å². The van der Waals surface area contributed by atoms with Gasteiger partial charge in [0.25, 0.3) is 0 Å². The van der Waals surface area contributed by atoms with Crippen LogP contribution in [0.25, 0.3) is 0 Å². The van der Waals surface area contributed by atoms with Crippen molar-refractivity contribution in [1.29, 1.82) is 0 Å². The largest absolute Gasteiger partial charge is 0.371 e. The Hall–Kier alpha value is -0.930. The van der Waals surface area contributed by atoms with Gasteiger partial charge in [-0.15, -0.1) is 0 Å². The summed E-state index contributed by atoms with van der Waals surface area (Å²) in [5.41, 5.74) is 0.499. The molecule has 0 amide bonds. The number of Topliss-reactive ketones (excluding diaryl/α,β-unsaturated/α-hetero) is 1. The lowest BCUT2D eigenvalue weighted by molar-refractivity contribution is -0.124. The lowest BCUT2D eigenvalue weighted by Crippen LogP contribution is -2.15. The first-order valence-electron chi connectivity index (χ1n) is 5.06. The lowest BCUT2D eigenvalue weighted by Gasteiger charge is -2.07. The van der Waals surface area contributed by atoms with Crippen LogP contribution in [0, 0.1) is 5.82 Å². The van der Waals surface area contributed by atoms with Crippen LogP contribution < -0.4 is 0 Å². The van der Waals surface area contributed by atoms with E-state index in [9.17, 15) is 9.18 Å². The van der Waals surface area contributed by atoms with Gasteiger partial charge < -0.3 is 4.74 Å². The Labute approximate surface area is 99.4 Å². The molecule has 1 aromatic carbocycles. The highest BCUT2D eigenvalue weighted by atomic mass is 35.5. The topological polar surface area (TPSA) is 26.3 Å². The number of hydrogen-bond donors (Lipinski definition) is 0. The van der Waals surface area contributed by atoms with Crippen LogP contribution in [0.4, 0.5) is 4.39 Å². The highest BCUT2D eigenvalue weighted by Crippen LogP contribution is 2.17. The zero-order valence-corrected chi connectivity index (χ0v) is 10.1. The summed E-state index contributed by atoms with van der Waals surface area (Å²) in [5, 5.41) is 0.402. The van der Waals surface area contributed by atoms with Gasteiger partial charge in [-0.05, 0) is 37.6 Å². The zero-order chi connectivity index (χ0) is 12.1. The Balaban J connectivity index is 2.59. The molecule has 0 saturated heterocycles. The molecule has 2 nitrogen and oxygen atoms in total. The van der Waals surface area contributed by atoms with Crippen LogP contribution in [-0.2, 0) is 16.0 Å². The molecular weight excluding hydrogens is 231 g/mol. The van der Waals surface area contributed by atoms with Gasteiger partial charge in [0.2, 0.25) is 0 Å². The molecule has 0 saturated carbocycles. The van der Waals surface area contributed by atoms with Gasteiger partial charge in [0, 0.05) is 11.4 Å². The van der Waals surface area contributed by atoms with Crippen LogP contribution in [0.15, 0.2) is 18.2 Å². The Morgan fingerprint density at radius 1 is 1.50 bits per heavy atom. The Morgan fingerprint density at radius 3 is 2.81 bits per heavy atom. The number of carbonyl (C=O) groups is 1. The van der Waals surface area contributed by atoms with E-state index in [2.05, 4.69) is 0 Å². The summed E-state index contributed by atoms with van der Waals surface area (Å²) in [7, 11) is 0. The van der Waals surface area contributed by atoms with Crippen molar-refractivity contribution in [2.75, 3.05) is 6.61 Å². The molecule has 0 radical (unpaired) electrons. The molecule has 16 heavy (non-hydrogen) atoms. The third-order valence-corrected chi connectivity index (χ3v) is 2.34. The standard InChI is InChI=1S/C12H14ClFO2/c1-8(2)16-7-11(15)6-9-5-10(14)3-4-12(9)13/h3-5,8H,6-7H2,1-2H3. The first-order valence-corrected chi connectivity index (χ1v) is 5.44. The third kappa shape index (κ3) is 4.29. The highest BCUT2D eigenvalue weighted by molar-refractivity contribution is 6.31. The van der Waals surface area contributed by atoms with Crippen molar-refractivity contribution in [3.05, 3.63) is 34.6 Å². The van der Waals surface area contributed by atoms with E-state index >= 15 is 0 Å². The molecule has 0 heterocycles. The second-order valence-electron chi connectivity index (χ2n) is 3.81. The molecular formula is C12H14ClFO2. The summed E-state index contributed by atoms with van der Waals surface area (Å²) in [6, 6.07) is 3.99. The van der Waals surface area contributed by atoms with Gasteiger partial charge in [-0.1, -0.05) is 11.6 Å². The lowest BCUT2D eigenvalue weighted by atomic mass is 10.1. The maximum Gasteiger partial charge on any atom is 0.162 e. The number of ketones is 1. The summed E-state index contributed by atoms with van der Waals surface area (Å²) in [5.74, 6) is -0.502. The van der Waals surface area contributed by atoms with E-state index in [1.54, 1.807) is 0 Å². The van der Waals surface area contributed by atoms with E-state index in [-0.39, 0.29) is 24.9 Å². The minimum absolute atomic E-state index is 0.00642. The van der Waals surface area contributed by atoms with Crippen molar-refractivity contribution in [2.24, 2.45) is 0 Å². The number of hydrogen-bond acceptors (Lipinski definition) is 2. The molecule has 1 aromatic rings. The maximum atomic E-state index is 12.9. The molecule has 0 spiro atoms. The maximum absolute atomic E-state index is 12.9. The normalized spacial score (nSPS) is 10.8. The number of rotatable bonds is 5. The van der Waals surface area contributed by atoms with Crippen LogP contribution in [0.5, 0.6) is 0 Å². The van der Waals surface area contributed by atoms with Crippen molar-refractivity contribution >= 4 is 17.4 Å². The minimum Gasteiger partial charge on any atom is -0.371 e. The van der Waals surface area contributed by atoms with Crippen LogP contribution in [-0.4, -0.2) is 18.5 Å². The predicted octanol–water partition coefficient (Wildman–Crippen LogP) is 3.02. The molecule has 4 heteroatoms. The number of halogens is 2. The van der Waals surface area contributed by atoms with Crippen LogP contribution >= 0.6 is 11.6 Å². The number of carbonyl (C=O) groups excluding carboxylic acids is 1. The molecule has 1 rings (SSSR count). The smallest absolute Gasteiger partial charge is 0.162 e. The van der Waals surface area contributed by atoms with Gasteiger partial charge in [-0.2, -0.15) is 0 Å². The first-order chi connectivity index (χ1) is 7.49. The Bertz CT molecular complexity index is 377. The van der Waals surface area contributed by atoms with E-state index in [0.29, 0.717) is 10.6 Å². The number of ether oxygens (including phenoxy) is 1. The molecule has 0 unspecified atom stereocenters. The third-order valence-electron chi connectivity index (χ3n) is 1.97. The summed E-state index contributed by atoms with van der Waals surface area (Å²) in [6.45, 7) is 3.73. The molecule has 0 aromatic heterocycles. The molecule has 0 fully saturated rings. The van der Waals surface area contributed by atoms with Crippen molar-refractivity contribution < 1.29 is 13.9 Å². The summed E-state index contributed by atoms with van der Waals surface area (Å²) in [6.07, 6.45) is 0.107. The molecule has 0 bridgehead atoms. The average molecular weight is 245 g/mol. The zero-order valence-electron chi connectivity index (χ0n) is 9.30. The molecule has 0 aliphatic rings. The van der Waals surface area contributed by atoms with Gasteiger partial charge in [0.1, 0.15) is 12.4 Å². The van der Waals surface area contributed by atoms with Gasteiger partial charge >= 0.3 is 0 Å². The van der Waals surface area contributed by atoms with E-state index in [1.807, 2.05) is 13.8 Å². The van der Waals surface area contributed by atoms with E-state index in [4.69, 9.17) is 16.3 Å². The van der Waals surface area contributed by atoms with Gasteiger partial charge in [0.15, 0.2) is 5.78 Å². The quantitative estimate of drug-likeness (QED) is 0.796. The Morgan fingerprint density at radius 2 is 2.19 bits per heavy atom. The summed E-state index contributed by atoms with van der Waals surface area (Å²) < 4.78 is 18.1. The molecule has 88 valence electrons. The second kappa shape index (κ2) is 5.97. The van der Waals surface area contributed by atoms with Crippen molar-refractivity contribution in [3.63, 3.8) is 0 Å². The fourth-order valence-electron chi connectivity index (χ4n) is 1.20. The van der Waals surface area contributed by atoms with Gasteiger partial charge in [0.05, 0.1) is 6.10 Å². The van der Waals surface area contributed by atoms with E-state index < -0.39 is 5.82 Å². The van der Waals surface area contributed by atoms with Crippen molar-refractivity contribution in [3.8, 4) is 0 Å². The van der Waals surface area contributed by atoms with E-state index in [0.717, 1.165) is 0 Å². The fourth-order valence-corrected chi connectivity index (χ4v) is 1.39. The fraction of sp³-hybridized carbons (Fsp3) is 0.417. The predicted molar refractivity (Wildman–Crippen MR) is 61.2 cm³/mol. The summed E-state index contributed by atoms with van der Waals surface area (Å²) in [4.78, 5) is 11.5. The monoisotopic (exact) mass is 244 g/mol. The van der Waals surface area contributed by atoms with Gasteiger partial charge in [-0.3, -0.25) is 4.79 Å².